The molecule has 0 bridgehead atoms. The highest BCUT2D eigenvalue weighted by atomic mass is 16.3. The number of aliphatic hydroxyl groups excluding tert-OH is 1. The Balaban J connectivity index is 2.94. The maximum Gasteiger partial charge on any atom is 0.145 e. The highest BCUT2D eigenvalue weighted by Crippen LogP contribution is 2.21. The molecule has 1 unspecified atom stereocenters. The van der Waals surface area contributed by atoms with Crippen molar-refractivity contribution in [3.63, 3.8) is 0 Å². The van der Waals surface area contributed by atoms with E-state index in [0.29, 0.717) is 12.2 Å². The SMILES string of the molecule is CCc1nc(NN)cc(NC(C)(CC)CCO)n1. The summed E-state index contributed by atoms with van der Waals surface area (Å²) in [7, 11) is 0. The van der Waals surface area contributed by atoms with Crippen molar-refractivity contribution in [1.29, 1.82) is 0 Å². The Hall–Kier alpha value is -1.40. The second-order valence-corrected chi connectivity index (χ2v) is 4.57. The van der Waals surface area contributed by atoms with Crippen LogP contribution in [0.3, 0.4) is 0 Å². The van der Waals surface area contributed by atoms with E-state index in [1.807, 2.05) is 6.92 Å². The summed E-state index contributed by atoms with van der Waals surface area (Å²) in [5, 5.41) is 12.5. The molecular formula is C12H23N5O. The summed E-state index contributed by atoms with van der Waals surface area (Å²) in [5.41, 5.74) is 2.36. The molecule has 0 spiro atoms. The Bertz CT molecular complexity index is 362. The lowest BCUT2D eigenvalue weighted by molar-refractivity contribution is 0.252. The van der Waals surface area contributed by atoms with E-state index in [9.17, 15) is 0 Å². The molecule has 0 fully saturated rings. The van der Waals surface area contributed by atoms with Crippen molar-refractivity contribution in [3.05, 3.63) is 11.9 Å². The third-order valence-electron chi connectivity index (χ3n) is 3.11. The summed E-state index contributed by atoms with van der Waals surface area (Å²) in [6.45, 7) is 6.27. The number of rotatable bonds is 7. The van der Waals surface area contributed by atoms with Gasteiger partial charge < -0.3 is 15.8 Å². The van der Waals surface area contributed by atoms with Gasteiger partial charge >= 0.3 is 0 Å². The molecule has 0 aliphatic carbocycles. The highest BCUT2D eigenvalue weighted by Gasteiger charge is 2.21. The average molecular weight is 253 g/mol. The van der Waals surface area contributed by atoms with Gasteiger partial charge in [0, 0.05) is 24.6 Å². The van der Waals surface area contributed by atoms with E-state index in [1.165, 1.54) is 0 Å². The van der Waals surface area contributed by atoms with E-state index in [1.54, 1.807) is 6.07 Å². The predicted molar refractivity (Wildman–Crippen MR) is 73.2 cm³/mol. The highest BCUT2D eigenvalue weighted by molar-refractivity contribution is 5.48. The smallest absolute Gasteiger partial charge is 0.145 e. The maximum atomic E-state index is 9.11. The van der Waals surface area contributed by atoms with Crippen LogP contribution < -0.4 is 16.6 Å². The second kappa shape index (κ2) is 6.51. The van der Waals surface area contributed by atoms with Crippen molar-refractivity contribution in [2.45, 2.75) is 45.6 Å². The van der Waals surface area contributed by atoms with E-state index in [-0.39, 0.29) is 12.1 Å². The van der Waals surface area contributed by atoms with Gasteiger partial charge in [0.2, 0.25) is 0 Å². The van der Waals surface area contributed by atoms with Crippen LogP contribution in [0, 0.1) is 0 Å². The number of aliphatic hydroxyl groups is 1. The first-order valence-corrected chi connectivity index (χ1v) is 6.30. The largest absolute Gasteiger partial charge is 0.396 e. The van der Waals surface area contributed by atoms with Crippen LogP contribution in [0.4, 0.5) is 11.6 Å². The summed E-state index contributed by atoms with van der Waals surface area (Å²) in [5.74, 6) is 7.44. The molecule has 0 amide bonds. The Morgan fingerprint density at radius 1 is 1.33 bits per heavy atom. The molecule has 6 heteroatoms. The topological polar surface area (TPSA) is 96.1 Å². The lowest BCUT2D eigenvalue weighted by Crippen LogP contribution is -2.35. The molecule has 0 aliphatic heterocycles. The number of hydrogen-bond donors (Lipinski definition) is 4. The van der Waals surface area contributed by atoms with Gasteiger partial charge in [0.1, 0.15) is 17.5 Å². The fraction of sp³-hybridized carbons (Fsp3) is 0.667. The molecule has 0 aliphatic rings. The van der Waals surface area contributed by atoms with Gasteiger partial charge in [0.15, 0.2) is 0 Å². The quantitative estimate of drug-likeness (QED) is 0.432. The van der Waals surface area contributed by atoms with Crippen molar-refractivity contribution in [2.75, 3.05) is 17.3 Å². The third-order valence-corrected chi connectivity index (χ3v) is 3.11. The first-order valence-electron chi connectivity index (χ1n) is 6.30. The maximum absolute atomic E-state index is 9.11. The van der Waals surface area contributed by atoms with Crippen LogP contribution in [-0.4, -0.2) is 27.2 Å². The molecule has 1 heterocycles. The van der Waals surface area contributed by atoms with Crippen molar-refractivity contribution in [1.82, 2.24) is 9.97 Å². The summed E-state index contributed by atoms with van der Waals surface area (Å²) < 4.78 is 0. The van der Waals surface area contributed by atoms with Gasteiger partial charge in [-0.05, 0) is 19.8 Å². The Morgan fingerprint density at radius 2 is 2.00 bits per heavy atom. The van der Waals surface area contributed by atoms with E-state index < -0.39 is 0 Å². The van der Waals surface area contributed by atoms with Gasteiger partial charge in [-0.3, -0.25) is 0 Å². The predicted octanol–water partition coefficient (Wildman–Crippen LogP) is 1.29. The number of aryl methyl sites for hydroxylation is 1. The van der Waals surface area contributed by atoms with Gasteiger partial charge in [-0.15, -0.1) is 0 Å². The van der Waals surface area contributed by atoms with Crippen molar-refractivity contribution in [3.8, 4) is 0 Å². The van der Waals surface area contributed by atoms with Crippen LogP contribution in [0.5, 0.6) is 0 Å². The van der Waals surface area contributed by atoms with Crippen LogP contribution in [0.15, 0.2) is 6.07 Å². The van der Waals surface area contributed by atoms with Crippen molar-refractivity contribution >= 4 is 11.6 Å². The van der Waals surface area contributed by atoms with Crippen molar-refractivity contribution in [2.24, 2.45) is 5.84 Å². The molecule has 0 radical (unpaired) electrons. The Labute approximate surface area is 108 Å². The molecule has 102 valence electrons. The molecule has 0 saturated carbocycles. The van der Waals surface area contributed by atoms with Crippen LogP contribution in [0.25, 0.3) is 0 Å². The number of nitrogens with two attached hydrogens (primary N) is 1. The number of nitrogens with zero attached hydrogens (tertiary/aromatic N) is 2. The van der Waals surface area contributed by atoms with Gasteiger partial charge in [-0.2, -0.15) is 0 Å². The minimum Gasteiger partial charge on any atom is -0.396 e. The standard InChI is InChI=1S/C12H23N5O/c1-4-9-14-10(8-11(15-9)17-13)16-12(3,5-2)6-7-18/h8,18H,4-7,13H2,1-3H3,(H2,14,15,16,17). The fourth-order valence-electron chi connectivity index (χ4n) is 1.68. The number of hydrazine groups is 1. The van der Waals surface area contributed by atoms with Gasteiger partial charge in [0.25, 0.3) is 0 Å². The van der Waals surface area contributed by atoms with E-state index in [2.05, 4.69) is 34.6 Å². The van der Waals surface area contributed by atoms with Crippen LogP contribution >= 0.6 is 0 Å². The second-order valence-electron chi connectivity index (χ2n) is 4.57. The number of aromatic nitrogens is 2. The summed E-state index contributed by atoms with van der Waals surface area (Å²) >= 11 is 0. The Kier molecular flexibility index (Phi) is 5.30. The van der Waals surface area contributed by atoms with Crippen LogP contribution in [0.2, 0.25) is 0 Å². The Morgan fingerprint density at radius 3 is 2.50 bits per heavy atom. The van der Waals surface area contributed by atoms with Crippen molar-refractivity contribution < 1.29 is 5.11 Å². The van der Waals surface area contributed by atoms with Gasteiger partial charge in [-0.1, -0.05) is 13.8 Å². The molecule has 0 aromatic carbocycles. The summed E-state index contributed by atoms with van der Waals surface area (Å²) in [6.07, 6.45) is 2.30. The van der Waals surface area contributed by atoms with Crippen LogP contribution in [0.1, 0.15) is 39.4 Å². The van der Waals surface area contributed by atoms with E-state index in [4.69, 9.17) is 10.9 Å². The number of nitrogen functional groups attached to an aromatic ring is 1. The molecule has 0 saturated heterocycles. The molecule has 1 aromatic heterocycles. The molecule has 1 aromatic rings. The summed E-state index contributed by atoms with van der Waals surface area (Å²) in [6, 6.07) is 1.77. The summed E-state index contributed by atoms with van der Waals surface area (Å²) in [4.78, 5) is 8.65. The van der Waals surface area contributed by atoms with Crippen LogP contribution in [-0.2, 0) is 6.42 Å². The number of nitrogens with one attached hydrogen (secondary N) is 2. The minimum atomic E-state index is -0.181. The van der Waals surface area contributed by atoms with Gasteiger partial charge in [0.05, 0.1) is 0 Å². The minimum absolute atomic E-state index is 0.144. The molecule has 1 atom stereocenters. The first-order chi connectivity index (χ1) is 8.56. The zero-order valence-electron chi connectivity index (χ0n) is 11.3. The zero-order chi connectivity index (χ0) is 13.6. The molecular weight excluding hydrogens is 230 g/mol. The number of hydrogen-bond acceptors (Lipinski definition) is 6. The average Bonchev–Trinajstić information content (AvgIpc) is 2.38. The van der Waals surface area contributed by atoms with Gasteiger partial charge in [-0.25, -0.2) is 15.8 Å². The fourth-order valence-corrected chi connectivity index (χ4v) is 1.68. The lowest BCUT2D eigenvalue weighted by atomic mass is 9.95. The lowest BCUT2D eigenvalue weighted by Gasteiger charge is -2.29. The van der Waals surface area contributed by atoms with E-state index >= 15 is 0 Å². The first kappa shape index (κ1) is 14.7. The molecule has 18 heavy (non-hydrogen) atoms. The normalized spacial score (nSPS) is 14.1. The van der Waals surface area contributed by atoms with E-state index in [0.717, 1.165) is 24.5 Å². The third kappa shape index (κ3) is 3.82. The monoisotopic (exact) mass is 253 g/mol. The number of anilines is 2. The molecule has 5 N–H and O–H groups in total. The zero-order valence-corrected chi connectivity index (χ0v) is 11.3. The molecule has 6 nitrogen and oxygen atoms in total. The molecule has 1 rings (SSSR count).